The summed E-state index contributed by atoms with van der Waals surface area (Å²) >= 11 is 0. The van der Waals surface area contributed by atoms with Crippen molar-refractivity contribution in [3.63, 3.8) is 0 Å². The second-order valence-electron chi connectivity index (χ2n) is 4.35. The molecule has 1 rings (SSSR count). The van der Waals surface area contributed by atoms with Crippen LogP contribution < -0.4 is 0 Å². The Morgan fingerprint density at radius 1 is 1.24 bits per heavy atom. The van der Waals surface area contributed by atoms with E-state index in [0.717, 1.165) is 18.4 Å². The molecule has 0 atom stereocenters. The Bertz CT molecular complexity index is 410. The van der Waals surface area contributed by atoms with Crippen LogP contribution in [-0.2, 0) is 5.41 Å². The molecule has 0 amide bonds. The highest BCUT2D eigenvalue weighted by Gasteiger charge is 2.24. The molecule has 0 bridgehead atoms. The van der Waals surface area contributed by atoms with Crippen molar-refractivity contribution in [1.82, 2.24) is 0 Å². The van der Waals surface area contributed by atoms with Crippen LogP contribution in [0.15, 0.2) is 49.6 Å². The lowest BCUT2D eigenvalue weighted by atomic mass is 9.77. The molecule has 0 N–H and O–H groups in total. The molecule has 0 spiro atoms. The molecule has 0 saturated carbocycles. The molecule has 0 heterocycles. The van der Waals surface area contributed by atoms with Gasteiger partial charge >= 0.3 is 0 Å². The summed E-state index contributed by atoms with van der Waals surface area (Å²) < 4.78 is 0. The van der Waals surface area contributed by atoms with Gasteiger partial charge in [0.2, 0.25) is 0 Å². The van der Waals surface area contributed by atoms with Crippen molar-refractivity contribution in [1.29, 1.82) is 0 Å². The highest BCUT2D eigenvalue weighted by atomic mass is 16.6. The van der Waals surface area contributed by atoms with Gasteiger partial charge in [-0.2, -0.15) is 0 Å². The lowest BCUT2D eigenvalue weighted by Crippen LogP contribution is -2.20. The van der Waals surface area contributed by atoms with Crippen LogP contribution in [0.1, 0.15) is 25.3 Å². The Kier molecular flexibility index (Phi) is 4.21. The fraction of sp³-hybridized carbons (Fsp3) is 0.286. The van der Waals surface area contributed by atoms with Gasteiger partial charge < -0.3 is 0 Å². The number of hydrogen-bond donors (Lipinski definition) is 0. The average Bonchev–Trinajstić information content (AvgIpc) is 2.30. The minimum Gasteiger partial charge on any atom is -0.258 e. The van der Waals surface area contributed by atoms with Crippen LogP contribution in [0.25, 0.3) is 0 Å². The summed E-state index contributed by atoms with van der Waals surface area (Å²) in [5.41, 5.74) is 1.11. The molecule has 1 aromatic carbocycles. The van der Waals surface area contributed by atoms with Gasteiger partial charge in [-0.05, 0) is 23.8 Å². The van der Waals surface area contributed by atoms with Crippen molar-refractivity contribution in [3.8, 4) is 0 Å². The number of benzene rings is 1. The summed E-state index contributed by atoms with van der Waals surface area (Å²) in [5.74, 6) is 0. The van der Waals surface area contributed by atoms with Gasteiger partial charge in [-0.3, -0.25) is 10.1 Å². The van der Waals surface area contributed by atoms with E-state index in [1.54, 1.807) is 12.1 Å². The lowest BCUT2D eigenvalue weighted by Gasteiger charge is -2.27. The zero-order valence-corrected chi connectivity index (χ0v) is 10.1. The summed E-state index contributed by atoms with van der Waals surface area (Å²) in [4.78, 5) is 10.2. The fourth-order valence-electron chi connectivity index (χ4n) is 1.94. The van der Waals surface area contributed by atoms with Crippen LogP contribution in [0.2, 0.25) is 0 Å². The third-order valence-corrected chi connectivity index (χ3v) is 2.96. The Morgan fingerprint density at radius 3 is 2.06 bits per heavy atom. The van der Waals surface area contributed by atoms with E-state index in [9.17, 15) is 10.1 Å². The van der Waals surface area contributed by atoms with Crippen molar-refractivity contribution in [2.45, 2.75) is 25.2 Å². The first-order valence-corrected chi connectivity index (χ1v) is 5.50. The van der Waals surface area contributed by atoms with Crippen molar-refractivity contribution >= 4 is 5.69 Å². The molecule has 0 aromatic heterocycles. The highest BCUT2D eigenvalue weighted by Crippen LogP contribution is 2.33. The van der Waals surface area contributed by atoms with Crippen molar-refractivity contribution in [2.75, 3.05) is 0 Å². The zero-order valence-electron chi connectivity index (χ0n) is 10.1. The Morgan fingerprint density at radius 2 is 1.71 bits per heavy atom. The second kappa shape index (κ2) is 5.43. The molecule has 0 radical (unpaired) electrons. The number of nitro groups is 1. The predicted molar refractivity (Wildman–Crippen MR) is 70.1 cm³/mol. The number of rotatable bonds is 6. The van der Waals surface area contributed by atoms with E-state index >= 15 is 0 Å². The summed E-state index contributed by atoms with van der Waals surface area (Å²) in [5, 5.41) is 10.6. The van der Waals surface area contributed by atoms with Crippen LogP contribution in [0.5, 0.6) is 0 Å². The Labute approximate surface area is 102 Å². The van der Waals surface area contributed by atoms with Gasteiger partial charge in [-0.25, -0.2) is 0 Å². The zero-order chi connectivity index (χ0) is 12.9. The Hall–Kier alpha value is -1.90. The summed E-state index contributed by atoms with van der Waals surface area (Å²) in [6.07, 6.45) is 5.36. The number of allylic oxidation sites excluding steroid dienone is 2. The van der Waals surface area contributed by atoms with Gasteiger partial charge in [-0.15, -0.1) is 13.2 Å². The van der Waals surface area contributed by atoms with Crippen LogP contribution in [0, 0.1) is 10.1 Å². The molecule has 0 saturated heterocycles. The smallest absolute Gasteiger partial charge is 0.258 e. The topological polar surface area (TPSA) is 43.1 Å². The van der Waals surface area contributed by atoms with E-state index in [2.05, 4.69) is 20.1 Å². The minimum absolute atomic E-state index is 0.0847. The normalized spacial score (nSPS) is 10.9. The first-order chi connectivity index (χ1) is 8.03. The summed E-state index contributed by atoms with van der Waals surface area (Å²) in [6.45, 7) is 9.62. The maximum atomic E-state index is 10.6. The van der Waals surface area contributed by atoms with Crippen molar-refractivity contribution in [2.24, 2.45) is 0 Å². The summed E-state index contributed by atoms with van der Waals surface area (Å²) in [7, 11) is 0. The molecule has 0 unspecified atom stereocenters. The molecular formula is C14H17NO2. The Balaban J connectivity index is 3.06. The van der Waals surface area contributed by atoms with Crippen LogP contribution in [0.3, 0.4) is 0 Å². The SMILES string of the molecule is C=CCC(C)(CC=C)c1ccc([N+](=O)[O-])cc1. The molecule has 0 aliphatic heterocycles. The second-order valence-corrected chi connectivity index (χ2v) is 4.35. The van der Waals surface area contributed by atoms with Gasteiger partial charge in [-0.1, -0.05) is 31.2 Å². The molecule has 90 valence electrons. The summed E-state index contributed by atoms with van der Waals surface area (Å²) in [6, 6.07) is 6.70. The first kappa shape index (κ1) is 13.2. The number of non-ortho nitro benzene ring substituents is 1. The molecule has 3 heteroatoms. The van der Waals surface area contributed by atoms with Crippen LogP contribution in [-0.4, -0.2) is 4.92 Å². The molecule has 17 heavy (non-hydrogen) atoms. The molecule has 0 aliphatic rings. The quantitative estimate of drug-likeness (QED) is 0.422. The maximum Gasteiger partial charge on any atom is 0.269 e. The van der Waals surface area contributed by atoms with Gasteiger partial charge in [0, 0.05) is 12.1 Å². The van der Waals surface area contributed by atoms with E-state index < -0.39 is 0 Å². The van der Waals surface area contributed by atoms with Gasteiger partial charge in [0.1, 0.15) is 0 Å². The highest BCUT2D eigenvalue weighted by molar-refractivity contribution is 5.36. The number of nitrogens with zero attached hydrogens (tertiary/aromatic N) is 1. The monoisotopic (exact) mass is 231 g/mol. The molecule has 0 aliphatic carbocycles. The van der Waals surface area contributed by atoms with Crippen molar-refractivity contribution in [3.05, 3.63) is 65.3 Å². The molecular weight excluding hydrogens is 214 g/mol. The predicted octanol–water partition coefficient (Wildman–Crippen LogP) is 4.00. The third kappa shape index (κ3) is 3.03. The largest absolute Gasteiger partial charge is 0.269 e. The van der Waals surface area contributed by atoms with E-state index in [-0.39, 0.29) is 16.0 Å². The molecule has 1 aromatic rings. The van der Waals surface area contributed by atoms with Crippen LogP contribution >= 0.6 is 0 Å². The van der Waals surface area contributed by atoms with Crippen molar-refractivity contribution < 1.29 is 4.92 Å². The van der Waals surface area contributed by atoms with E-state index in [1.807, 2.05) is 24.3 Å². The molecule has 3 nitrogen and oxygen atoms in total. The fourth-order valence-corrected chi connectivity index (χ4v) is 1.94. The van der Waals surface area contributed by atoms with Gasteiger partial charge in [0.25, 0.3) is 5.69 Å². The lowest BCUT2D eigenvalue weighted by molar-refractivity contribution is -0.384. The third-order valence-electron chi connectivity index (χ3n) is 2.96. The van der Waals surface area contributed by atoms with Crippen LogP contribution in [0.4, 0.5) is 5.69 Å². The minimum atomic E-state index is -0.387. The van der Waals surface area contributed by atoms with Gasteiger partial charge in [0.05, 0.1) is 4.92 Å². The van der Waals surface area contributed by atoms with E-state index in [4.69, 9.17) is 0 Å². The standard InChI is InChI=1S/C14H17NO2/c1-4-10-14(3,11-5-2)12-6-8-13(9-7-12)15(16)17/h4-9H,1-2,10-11H2,3H3. The first-order valence-electron chi connectivity index (χ1n) is 5.50. The number of hydrogen-bond acceptors (Lipinski definition) is 2. The van der Waals surface area contributed by atoms with E-state index in [1.165, 1.54) is 0 Å². The molecule has 0 fully saturated rings. The maximum absolute atomic E-state index is 10.6. The number of nitro benzene ring substituents is 1. The average molecular weight is 231 g/mol. The van der Waals surface area contributed by atoms with E-state index in [0.29, 0.717) is 0 Å². The van der Waals surface area contributed by atoms with Gasteiger partial charge in [0.15, 0.2) is 0 Å².